The number of benzene rings is 1. The SMILES string of the molecule is O=C1c2ccccc2C(=O)N1CCn1cc(NC(=O)C23CC4CC(CC(Br)(C4)C2)C3)cn1. The third-order valence-electron chi connectivity index (χ3n) is 7.79. The van der Waals surface area contributed by atoms with Crippen molar-refractivity contribution in [1.29, 1.82) is 0 Å². The summed E-state index contributed by atoms with van der Waals surface area (Å²) in [5.74, 6) is 0.858. The summed E-state index contributed by atoms with van der Waals surface area (Å²) in [6, 6.07) is 6.88. The molecule has 0 radical (unpaired) electrons. The Bertz CT molecular complexity index is 1090. The number of nitrogens with one attached hydrogen (secondary N) is 1. The maximum Gasteiger partial charge on any atom is 0.261 e. The fourth-order valence-corrected chi connectivity index (χ4v) is 8.33. The Morgan fingerprint density at radius 3 is 2.34 bits per heavy atom. The number of anilines is 1. The lowest BCUT2D eigenvalue weighted by molar-refractivity contribution is -0.138. The molecule has 2 unspecified atom stereocenters. The van der Waals surface area contributed by atoms with Crippen molar-refractivity contribution in [3.63, 3.8) is 0 Å². The predicted molar refractivity (Wildman–Crippen MR) is 121 cm³/mol. The number of fused-ring (bicyclic) bond motifs is 1. The van der Waals surface area contributed by atoms with Crippen LogP contribution in [0.1, 0.15) is 59.2 Å². The van der Waals surface area contributed by atoms with Gasteiger partial charge in [-0.3, -0.25) is 24.0 Å². The second-order valence-corrected chi connectivity index (χ2v) is 11.8. The zero-order chi connectivity index (χ0) is 22.1. The summed E-state index contributed by atoms with van der Waals surface area (Å²) in [7, 11) is 0. The maximum absolute atomic E-state index is 13.3. The van der Waals surface area contributed by atoms with Crippen LogP contribution >= 0.6 is 15.9 Å². The lowest BCUT2D eigenvalue weighted by Gasteiger charge is -2.59. The summed E-state index contributed by atoms with van der Waals surface area (Å²) in [5, 5.41) is 7.44. The van der Waals surface area contributed by atoms with Gasteiger partial charge in [-0.05, 0) is 62.5 Å². The third-order valence-corrected chi connectivity index (χ3v) is 8.72. The lowest BCUT2D eigenvalue weighted by atomic mass is 9.49. The zero-order valence-corrected chi connectivity index (χ0v) is 19.3. The summed E-state index contributed by atoms with van der Waals surface area (Å²) in [5.41, 5.74) is 1.28. The summed E-state index contributed by atoms with van der Waals surface area (Å²) in [6.45, 7) is 0.613. The van der Waals surface area contributed by atoms with Crippen molar-refractivity contribution >= 4 is 39.3 Å². The van der Waals surface area contributed by atoms with E-state index >= 15 is 0 Å². The molecule has 7 nitrogen and oxygen atoms in total. The Labute approximate surface area is 194 Å². The summed E-state index contributed by atoms with van der Waals surface area (Å²) in [4.78, 5) is 39.6. The molecule has 4 bridgehead atoms. The monoisotopic (exact) mass is 496 g/mol. The molecule has 8 heteroatoms. The molecule has 3 amide bonds. The number of carbonyl (C=O) groups excluding carboxylic acids is 3. The second kappa shape index (κ2) is 7.01. The van der Waals surface area contributed by atoms with Gasteiger partial charge in [-0.2, -0.15) is 5.10 Å². The smallest absolute Gasteiger partial charge is 0.261 e. The lowest BCUT2D eigenvalue weighted by Crippen LogP contribution is -2.57. The van der Waals surface area contributed by atoms with Crippen LogP contribution < -0.4 is 5.32 Å². The number of alkyl halides is 1. The first kappa shape index (κ1) is 20.1. The molecular weight excluding hydrogens is 472 g/mol. The van der Waals surface area contributed by atoms with Crippen LogP contribution in [0, 0.1) is 17.3 Å². The van der Waals surface area contributed by atoms with E-state index in [-0.39, 0.29) is 34.0 Å². The van der Waals surface area contributed by atoms with Crippen LogP contribution in [0.15, 0.2) is 36.7 Å². The van der Waals surface area contributed by atoms with Crippen molar-refractivity contribution in [1.82, 2.24) is 14.7 Å². The average molecular weight is 497 g/mol. The molecule has 32 heavy (non-hydrogen) atoms. The maximum atomic E-state index is 13.3. The standard InChI is InChI=1S/C24H25BrN4O3/c25-24-10-15-7-16(11-24)9-23(8-15,14-24)22(32)27-17-12-26-28(13-17)5-6-29-20(30)18-3-1-2-4-19(18)21(29)31/h1-4,12-13,15-16H,5-11,14H2,(H,27,32). The van der Waals surface area contributed by atoms with Gasteiger partial charge in [0.1, 0.15) is 0 Å². The van der Waals surface area contributed by atoms with E-state index in [1.807, 2.05) is 0 Å². The van der Waals surface area contributed by atoms with Gasteiger partial charge in [-0.15, -0.1) is 0 Å². The molecule has 0 spiro atoms. The first-order valence-corrected chi connectivity index (χ1v) is 12.1. The van der Waals surface area contributed by atoms with Gasteiger partial charge in [0.2, 0.25) is 5.91 Å². The molecule has 4 aliphatic carbocycles. The van der Waals surface area contributed by atoms with Crippen LogP contribution in [0.4, 0.5) is 5.69 Å². The Kier molecular flexibility index (Phi) is 4.41. The van der Waals surface area contributed by atoms with Gasteiger partial charge in [0.25, 0.3) is 11.8 Å². The first-order chi connectivity index (χ1) is 15.3. The number of halogens is 1. The van der Waals surface area contributed by atoms with Gasteiger partial charge in [0.15, 0.2) is 0 Å². The molecule has 4 fully saturated rings. The van der Waals surface area contributed by atoms with Crippen LogP contribution in [0.25, 0.3) is 0 Å². The van der Waals surface area contributed by atoms with Gasteiger partial charge in [-0.1, -0.05) is 28.1 Å². The van der Waals surface area contributed by atoms with E-state index in [0.29, 0.717) is 35.2 Å². The second-order valence-electron chi connectivity index (χ2n) is 10.1. The minimum atomic E-state index is -0.282. The summed E-state index contributed by atoms with van der Waals surface area (Å²) in [6.07, 6.45) is 9.94. The molecule has 2 heterocycles. The Morgan fingerprint density at radius 1 is 1.06 bits per heavy atom. The van der Waals surface area contributed by atoms with Crippen LogP contribution in [0.2, 0.25) is 0 Å². The molecule has 4 saturated carbocycles. The third kappa shape index (κ3) is 3.14. The van der Waals surface area contributed by atoms with Gasteiger partial charge in [0.05, 0.1) is 35.0 Å². The van der Waals surface area contributed by atoms with E-state index in [1.54, 1.807) is 41.3 Å². The molecule has 5 aliphatic rings. The fourth-order valence-electron chi connectivity index (χ4n) is 6.88. The summed E-state index contributed by atoms with van der Waals surface area (Å²) < 4.78 is 1.80. The topological polar surface area (TPSA) is 84.3 Å². The van der Waals surface area contributed by atoms with Crippen LogP contribution in [-0.4, -0.2) is 43.3 Å². The minimum Gasteiger partial charge on any atom is -0.323 e. The average Bonchev–Trinajstić information content (AvgIpc) is 3.28. The Balaban J connectivity index is 1.11. The largest absolute Gasteiger partial charge is 0.323 e. The predicted octanol–water partition coefficient (Wildman–Crippen LogP) is 3.85. The van der Waals surface area contributed by atoms with E-state index in [1.165, 1.54) is 24.2 Å². The molecule has 7 rings (SSSR count). The minimum absolute atomic E-state index is 0.107. The van der Waals surface area contributed by atoms with E-state index < -0.39 is 0 Å². The fraction of sp³-hybridized carbons (Fsp3) is 0.500. The molecule has 166 valence electrons. The highest BCUT2D eigenvalue weighted by atomic mass is 79.9. The number of hydrogen-bond donors (Lipinski definition) is 1. The van der Waals surface area contributed by atoms with Crippen molar-refractivity contribution in [3.8, 4) is 0 Å². The highest BCUT2D eigenvalue weighted by Gasteiger charge is 2.59. The van der Waals surface area contributed by atoms with Crippen molar-refractivity contribution in [2.75, 3.05) is 11.9 Å². The van der Waals surface area contributed by atoms with E-state index in [0.717, 1.165) is 19.3 Å². The number of hydrogen-bond acceptors (Lipinski definition) is 4. The molecule has 1 aromatic carbocycles. The molecule has 2 aromatic rings. The number of amides is 3. The zero-order valence-electron chi connectivity index (χ0n) is 17.7. The van der Waals surface area contributed by atoms with Crippen molar-refractivity contribution in [3.05, 3.63) is 47.8 Å². The number of nitrogens with zero attached hydrogens (tertiary/aromatic N) is 3. The van der Waals surface area contributed by atoms with Crippen molar-refractivity contribution < 1.29 is 14.4 Å². The van der Waals surface area contributed by atoms with E-state index in [2.05, 4.69) is 26.3 Å². The van der Waals surface area contributed by atoms with Gasteiger partial charge < -0.3 is 5.32 Å². The van der Waals surface area contributed by atoms with Crippen LogP contribution in [-0.2, 0) is 11.3 Å². The molecule has 1 aliphatic heterocycles. The first-order valence-electron chi connectivity index (χ1n) is 11.3. The summed E-state index contributed by atoms with van der Waals surface area (Å²) >= 11 is 3.97. The van der Waals surface area contributed by atoms with Crippen LogP contribution in [0.5, 0.6) is 0 Å². The van der Waals surface area contributed by atoms with E-state index in [4.69, 9.17) is 0 Å². The molecule has 0 saturated heterocycles. The van der Waals surface area contributed by atoms with E-state index in [9.17, 15) is 14.4 Å². The highest BCUT2D eigenvalue weighted by molar-refractivity contribution is 9.10. The molecule has 1 N–H and O–H groups in total. The van der Waals surface area contributed by atoms with Gasteiger partial charge >= 0.3 is 0 Å². The quantitative estimate of drug-likeness (QED) is 0.503. The number of aromatic nitrogens is 2. The number of rotatable bonds is 5. The molecular formula is C24H25BrN4O3. The van der Waals surface area contributed by atoms with Gasteiger partial charge in [0, 0.05) is 17.1 Å². The Hall–Kier alpha value is -2.48. The number of carbonyl (C=O) groups is 3. The van der Waals surface area contributed by atoms with Crippen LogP contribution in [0.3, 0.4) is 0 Å². The van der Waals surface area contributed by atoms with Gasteiger partial charge in [-0.25, -0.2) is 0 Å². The van der Waals surface area contributed by atoms with Crippen molar-refractivity contribution in [2.45, 2.75) is 49.4 Å². The highest BCUT2D eigenvalue weighted by Crippen LogP contribution is 2.64. The molecule has 2 atom stereocenters. The molecule has 1 aromatic heterocycles. The Morgan fingerprint density at radius 2 is 1.72 bits per heavy atom. The normalized spacial score (nSPS) is 32.5. The van der Waals surface area contributed by atoms with Crippen molar-refractivity contribution in [2.24, 2.45) is 17.3 Å². The number of imide groups is 1.